The Balaban J connectivity index is 2.08. The Morgan fingerprint density at radius 2 is 1.95 bits per heavy atom. The zero-order valence-electron chi connectivity index (χ0n) is 11.6. The maximum atomic E-state index is 12.9. The van der Waals surface area contributed by atoms with E-state index in [4.69, 9.17) is 0 Å². The first kappa shape index (κ1) is 15.8. The number of nitrogens with one attached hydrogen (secondary N) is 1. The lowest BCUT2D eigenvalue weighted by atomic mass is 9.98. The van der Waals surface area contributed by atoms with Crippen LogP contribution in [0.3, 0.4) is 0 Å². The number of aldehydes is 1. The lowest BCUT2D eigenvalue weighted by Gasteiger charge is -2.28. The van der Waals surface area contributed by atoms with Gasteiger partial charge in [-0.05, 0) is 11.1 Å². The monoisotopic (exact) mass is 314 g/mol. The third kappa shape index (κ3) is 3.76. The number of hydrogen-bond acceptors (Lipinski definition) is 2. The van der Waals surface area contributed by atoms with Gasteiger partial charge in [-0.25, -0.2) is 13.6 Å². The molecule has 0 fully saturated rings. The highest BCUT2D eigenvalue weighted by atomic mass is 31.0. The summed E-state index contributed by atoms with van der Waals surface area (Å²) in [7, 11) is 2.66. The molecule has 0 spiro atoms. The molecule has 2 rings (SSSR count). The predicted molar refractivity (Wildman–Crippen MR) is 78.5 cm³/mol. The van der Waals surface area contributed by atoms with Gasteiger partial charge in [0.1, 0.15) is 11.8 Å². The number of rotatable bonds is 4. The van der Waals surface area contributed by atoms with E-state index >= 15 is 0 Å². The van der Waals surface area contributed by atoms with Crippen molar-refractivity contribution in [2.24, 2.45) is 0 Å². The highest BCUT2D eigenvalue weighted by molar-refractivity contribution is 7.18. The number of carbonyl (C=O) groups is 2. The molecular formula is C14H17F2N2O2P. The summed E-state index contributed by atoms with van der Waals surface area (Å²) in [4.78, 5) is 24.3. The lowest BCUT2D eigenvalue weighted by molar-refractivity contribution is -0.112. The fraction of sp³-hybridized carbons (Fsp3) is 0.429. The van der Waals surface area contributed by atoms with E-state index < -0.39 is 23.8 Å². The minimum atomic E-state index is -3.06. The van der Waals surface area contributed by atoms with Crippen LogP contribution in [-0.4, -0.2) is 42.0 Å². The second kappa shape index (κ2) is 5.68. The van der Waals surface area contributed by atoms with Crippen molar-refractivity contribution in [3.8, 4) is 0 Å². The van der Waals surface area contributed by atoms with E-state index in [1.165, 1.54) is 16.3 Å². The summed E-state index contributed by atoms with van der Waals surface area (Å²) >= 11 is 0. The zero-order valence-corrected chi connectivity index (χ0v) is 12.8. The Kier molecular flexibility index (Phi) is 4.28. The van der Waals surface area contributed by atoms with Gasteiger partial charge in [-0.3, -0.25) is 0 Å². The molecular weight excluding hydrogens is 297 g/mol. The number of carbonyl (C=O) groups excluding carboxylic acids is 2. The normalized spacial score (nSPS) is 16.2. The second-order valence-corrected chi connectivity index (χ2v) is 6.29. The van der Waals surface area contributed by atoms with Crippen LogP contribution in [0.5, 0.6) is 0 Å². The van der Waals surface area contributed by atoms with Gasteiger partial charge in [0.15, 0.2) is 0 Å². The molecule has 2 amide bonds. The van der Waals surface area contributed by atoms with Gasteiger partial charge >= 0.3 is 6.03 Å². The minimum absolute atomic E-state index is 0.378. The molecule has 0 saturated carbocycles. The smallest absolute Gasteiger partial charge is 0.318 e. The van der Waals surface area contributed by atoms with Crippen molar-refractivity contribution in [1.82, 2.24) is 10.2 Å². The average Bonchev–Trinajstić information content (AvgIpc) is 2.75. The van der Waals surface area contributed by atoms with Crippen molar-refractivity contribution in [2.75, 3.05) is 13.6 Å². The van der Waals surface area contributed by atoms with Gasteiger partial charge in [-0.2, -0.15) is 0 Å². The molecule has 0 aliphatic heterocycles. The van der Waals surface area contributed by atoms with E-state index in [0.29, 0.717) is 19.1 Å². The highest BCUT2D eigenvalue weighted by Crippen LogP contribution is 2.29. The van der Waals surface area contributed by atoms with Gasteiger partial charge in [-0.1, -0.05) is 33.5 Å². The SMILES string of the molecule is CN(CC(F)(F)P)C(=O)NC1(C=O)Cc2ccccc2C1. The Morgan fingerprint density at radius 1 is 1.43 bits per heavy atom. The molecule has 1 aromatic carbocycles. The minimum Gasteiger partial charge on any atom is -0.325 e. The van der Waals surface area contributed by atoms with Crippen LogP contribution in [0, 0.1) is 0 Å². The van der Waals surface area contributed by atoms with E-state index in [9.17, 15) is 18.4 Å². The zero-order chi connectivity index (χ0) is 15.7. The Hall–Kier alpha value is -1.55. The van der Waals surface area contributed by atoms with E-state index in [-0.39, 0.29) is 0 Å². The first-order chi connectivity index (χ1) is 9.75. The summed E-state index contributed by atoms with van der Waals surface area (Å²) in [5.41, 5.74) is -2.13. The van der Waals surface area contributed by atoms with Crippen molar-refractivity contribution < 1.29 is 18.4 Å². The van der Waals surface area contributed by atoms with E-state index in [1.54, 1.807) is 0 Å². The van der Waals surface area contributed by atoms with Gasteiger partial charge in [0.05, 0.1) is 6.54 Å². The van der Waals surface area contributed by atoms with Crippen LogP contribution in [0.1, 0.15) is 11.1 Å². The molecule has 1 atom stereocenters. The Labute approximate surface area is 124 Å². The summed E-state index contributed by atoms with van der Waals surface area (Å²) in [6.45, 7) is -0.731. The van der Waals surface area contributed by atoms with Crippen LogP contribution < -0.4 is 5.32 Å². The molecule has 114 valence electrons. The molecule has 0 aromatic heterocycles. The van der Waals surface area contributed by atoms with Crippen molar-refractivity contribution >= 4 is 21.6 Å². The van der Waals surface area contributed by atoms with Crippen molar-refractivity contribution in [1.29, 1.82) is 0 Å². The van der Waals surface area contributed by atoms with Crippen molar-refractivity contribution in [3.05, 3.63) is 35.4 Å². The molecule has 1 aromatic rings. The van der Waals surface area contributed by atoms with Crippen LogP contribution in [0.15, 0.2) is 24.3 Å². The molecule has 1 aliphatic rings. The average molecular weight is 314 g/mol. The van der Waals surface area contributed by atoms with Gasteiger partial charge in [0.2, 0.25) is 0 Å². The van der Waals surface area contributed by atoms with Crippen LogP contribution in [0.2, 0.25) is 0 Å². The quantitative estimate of drug-likeness (QED) is 0.681. The molecule has 21 heavy (non-hydrogen) atoms. The van der Waals surface area contributed by atoms with Gasteiger partial charge in [0, 0.05) is 19.9 Å². The number of benzene rings is 1. The molecule has 0 radical (unpaired) electrons. The number of nitrogens with zero attached hydrogens (tertiary/aromatic N) is 1. The summed E-state index contributed by atoms with van der Waals surface area (Å²) in [5, 5.41) is 2.59. The molecule has 1 unspecified atom stereocenters. The summed E-state index contributed by atoms with van der Waals surface area (Å²) in [6, 6.07) is 6.84. The molecule has 7 heteroatoms. The maximum Gasteiger partial charge on any atom is 0.318 e. The molecule has 1 aliphatic carbocycles. The second-order valence-electron chi connectivity index (χ2n) is 5.44. The van der Waals surface area contributed by atoms with Crippen LogP contribution in [0.25, 0.3) is 0 Å². The van der Waals surface area contributed by atoms with Gasteiger partial charge < -0.3 is 15.0 Å². The van der Waals surface area contributed by atoms with E-state index in [0.717, 1.165) is 16.0 Å². The number of fused-ring (bicyclic) bond motifs is 1. The van der Waals surface area contributed by atoms with E-state index in [1.807, 2.05) is 24.3 Å². The van der Waals surface area contributed by atoms with Crippen LogP contribution in [0.4, 0.5) is 13.6 Å². The summed E-state index contributed by atoms with van der Waals surface area (Å²) in [5.74, 6) is 0. The fourth-order valence-electron chi connectivity index (χ4n) is 2.54. The van der Waals surface area contributed by atoms with Crippen LogP contribution in [-0.2, 0) is 17.6 Å². The largest absolute Gasteiger partial charge is 0.325 e. The van der Waals surface area contributed by atoms with Crippen molar-refractivity contribution in [3.63, 3.8) is 0 Å². The Morgan fingerprint density at radius 3 is 2.38 bits per heavy atom. The van der Waals surface area contributed by atoms with Gasteiger partial charge in [0.25, 0.3) is 5.66 Å². The summed E-state index contributed by atoms with van der Waals surface area (Å²) < 4.78 is 25.8. The lowest BCUT2D eigenvalue weighted by Crippen LogP contribution is -2.55. The molecule has 1 N–H and O–H groups in total. The first-order valence-electron chi connectivity index (χ1n) is 6.48. The first-order valence-corrected chi connectivity index (χ1v) is 7.05. The number of urea groups is 1. The molecule has 0 heterocycles. The molecule has 0 bridgehead atoms. The third-order valence-corrected chi connectivity index (χ3v) is 3.69. The number of alkyl halides is 2. The maximum absolute atomic E-state index is 12.9. The standard InChI is InChI=1S/C14H17F2N2O2P/c1-18(8-14(15,16)21)12(20)17-13(9-19)6-10-4-2-3-5-11(10)7-13/h2-5,9H,6-8,21H2,1H3,(H,17,20). The Bertz CT molecular complexity index is 535. The number of halogens is 2. The molecule has 0 saturated heterocycles. The topological polar surface area (TPSA) is 49.4 Å². The van der Waals surface area contributed by atoms with Gasteiger partial charge in [-0.15, -0.1) is 0 Å². The van der Waals surface area contributed by atoms with E-state index in [2.05, 4.69) is 5.32 Å². The fourth-order valence-corrected chi connectivity index (χ4v) is 2.82. The summed E-state index contributed by atoms with van der Waals surface area (Å²) in [6.07, 6.45) is 1.45. The van der Waals surface area contributed by atoms with Crippen LogP contribution >= 0.6 is 9.24 Å². The highest BCUT2D eigenvalue weighted by Gasteiger charge is 2.39. The number of hydrogen-bond donors (Lipinski definition) is 1. The molecule has 4 nitrogen and oxygen atoms in total. The third-order valence-electron chi connectivity index (χ3n) is 3.51. The number of amides is 2. The predicted octanol–water partition coefficient (Wildman–Crippen LogP) is 1.83. The van der Waals surface area contributed by atoms with Crippen molar-refractivity contribution in [2.45, 2.75) is 24.0 Å².